The van der Waals surface area contributed by atoms with E-state index in [0.29, 0.717) is 16.8 Å². The van der Waals surface area contributed by atoms with Crippen LogP contribution in [0.1, 0.15) is 5.56 Å². The van der Waals surface area contributed by atoms with E-state index in [1.165, 1.54) is 23.5 Å². The zero-order valence-electron chi connectivity index (χ0n) is 10.5. The van der Waals surface area contributed by atoms with Crippen molar-refractivity contribution in [2.45, 2.75) is 6.18 Å². The van der Waals surface area contributed by atoms with Gasteiger partial charge in [-0.15, -0.1) is 11.3 Å². The quantitative estimate of drug-likeness (QED) is 0.748. The summed E-state index contributed by atoms with van der Waals surface area (Å²) < 4.78 is 42.7. The van der Waals surface area contributed by atoms with Crippen LogP contribution < -0.4 is 5.73 Å². The molecule has 0 saturated heterocycles. The number of rotatable bonds is 2. The number of alkyl halides is 3. The maximum Gasteiger partial charge on any atom is 0.416 e. The molecule has 2 N–H and O–H groups in total. The number of anilines is 1. The topological polar surface area (TPSA) is 52.0 Å². The maximum absolute atomic E-state index is 12.6. The van der Waals surface area contributed by atoms with Crippen molar-refractivity contribution in [1.29, 1.82) is 0 Å². The minimum atomic E-state index is -4.36. The van der Waals surface area contributed by atoms with Gasteiger partial charge in [-0.3, -0.25) is 0 Å². The van der Waals surface area contributed by atoms with Crippen LogP contribution in [0.25, 0.3) is 21.7 Å². The van der Waals surface area contributed by atoms with Gasteiger partial charge in [-0.1, -0.05) is 23.4 Å². The highest BCUT2D eigenvalue weighted by Gasteiger charge is 2.30. The average molecular weight is 310 g/mol. The van der Waals surface area contributed by atoms with E-state index in [1.807, 2.05) is 17.5 Å². The fourth-order valence-corrected chi connectivity index (χ4v) is 2.75. The number of benzene rings is 1. The molecule has 21 heavy (non-hydrogen) atoms. The summed E-state index contributed by atoms with van der Waals surface area (Å²) in [5.41, 5.74) is 6.61. The van der Waals surface area contributed by atoms with Gasteiger partial charge in [-0.2, -0.15) is 13.2 Å². The SMILES string of the molecule is Nc1onc(-c2ccc(C(F)(F)F)cc2)c1-c1cccs1. The summed E-state index contributed by atoms with van der Waals surface area (Å²) in [5.74, 6) is 0.146. The van der Waals surface area contributed by atoms with Crippen molar-refractivity contribution >= 4 is 17.2 Å². The van der Waals surface area contributed by atoms with Crippen LogP contribution in [0.3, 0.4) is 0 Å². The predicted octanol–water partition coefficient (Wildman–Crippen LogP) is 4.67. The molecule has 0 fully saturated rings. The molecule has 0 radical (unpaired) electrons. The Morgan fingerprint density at radius 2 is 1.81 bits per heavy atom. The zero-order valence-corrected chi connectivity index (χ0v) is 11.3. The minimum Gasteiger partial charge on any atom is -0.367 e. The number of nitrogens with zero attached hydrogens (tertiary/aromatic N) is 1. The number of hydrogen-bond donors (Lipinski definition) is 1. The fourth-order valence-electron chi connectivity index (χ4n) is 1.98. The molecule has 3 nitrogen and oxygen atoms in total. The first kappa shape index (κ1) is 13.7. The lowest BCUT2D eigenvalue weighted by Gasteiger charge is -2.07. The van der Waals surface area contributed by atoms with E-state index < -0.39 is 11.7 Å². The molecule has 3 rings (SSSR count). The largest absolute Gasteiger partial charge is 0.416 e. The third-order valence-electron chi connectivity index (χ3n) is 2.97. The summed E-state index contributed by atoms with van der Waals surface area (Å²) in [7, 11) is 0. The van der Waals surface area contributed by atoms with Crippen LogP contribution >= 0.6 is 11.3 Å². The smallest absolute Gasteiger partial charge is 0.367 e. The summed E-state index contributed by atoms with van der Waals surface area (Å²) in [6, 6.07) is 8.44. The molecule has 2 heterocycles. The van der Waals surface area contributed by atoms with Crippen molar-refractivity contribution in [3.8, 4) is 21.7 Å². The van der Waals surface area contributed by atoms with Gasteiger partial charge in [0.2, 0.25) is 5.88 Å². The molecule has 0 atom stereocenters. The summed E-state index contributed by atoms with van der Waals surface area (Å²) in [6.07, 6.45) is -4.36. The van der Waals surface area contributed by atoms with E-state index in [-0.39, 0.29) is 5.88 Å². The first-order chi connectivity index (χ1) is 9.97. The first-order valence-corrected chi connectivity index (χ1v) is 6.81. The van der Waals surface area contributed by atoms with Crippen LogP contribution in [-0.4, -0.2) is 5.16 Å². The number of halogens is 3. The molecular weight excluding hydrogens is 301 g/mol. The van der Waals surface area contributed by atoms with E-state index in [4.69, 9.17) is 10.3 Å². The lowest BCUT2D eigenvalue weighted by Crippen LogP contribution is -2.04. The molecule has 7 heteroatoms. The van der Waals surface area contributed by atoms with Gasteiger partial charge in [0.25, 0.3) is 0 Å². The van der Waals surface area contributed by atoms with Gasteiger partial charge in [0.15, 0.2) is 0 Å². The molecule has 1 aromatic carbocycles. The van der Waals surface area contributed by atoms with Crippen LogP contribution in [0.2, 0.25) is 0 Å². The van der Waals surface area contributed by atoms with Crippen LogP contribution in [0.5, 0.6) is 0 Å². The molecule has 108 valence electrons. The Bertz CT molecular complexity index is 746. The molecule has 0 aliphatic rings. The number of thiophene rings is 1. The van der Waals surface area contributed by atoms with Gasteiger partial charge in [0.05, 0.1) is 11.1 Å². The zero-order chi connectivity index (χ0) is 15.0. The van der Waals surface area contributed by atoms with Crippen LogP contribution in [0.15, 0.2) is 46.3 Å². The van der Waals surface area contributed by atoms with Crippen LogP contribution in [0.4, 0.5) is 19.1 Å². The van der Waals surface area contributed by atoms with Gasteiger partial charge in [0, 0.05) is 10.4 Å². The molecule has 0 saturated carbocycles. The van der Waals surface area contributed by atoms with Crippen LogP contribution in [0, 0.1) is 0 Å². The summed E-state index contributed by atoms with van der Waals surface area (Å²) in [6.45, 7) is 0. The van der Waals surface area contributed by atoms with E-state index in [0.717, 1.165) is 17.0 Å². The van der Waals surface area contributed by atoms with Crippen LogP contribution in [-0.2, 0) is 6.18 Å². The van der Waals surface area contributed by atoms with Gasteiger partial charge < -0.3 is 10.3 Å². The summed E-state index contributed by atoms with van der Waals surface area (Å²) in [4.78, 5) is 0.851. The second-order valence-electron chi connectivity index (χ2n) is 4.32. The molecular formula is C14H9F3N2OS. The van der Waals surface area contributed by atoms with Crippen molar-refractivity contribution in [2.75, 3.05) is 5.73 Å². The molecule has 2 aromatic heterocycles. The van der Waals surface area contributed by atoms with Gasteiger partial charge in [-0.25, -0.2) is 0 Å². The molecule has 0 aliphatic carbocycles. The molecule has 0 bridgehead atoms. The Morgan fingerprint density at radius 1 is 1.10 bits per heavy atom. The molecule has 0 spiro atoms. The van der Waals surface area contributed by atoms with Crippen molar-refractivity contribution in [3.05, 3.63) is 47.3 Å². The Kier molecular flexibility index (Phi) is 3.21. The van der Waals surface area contributed by atoms with Crippen molar-refractivity contribution in [1.82, 2.24) is 5.16 Å². The summed E-state index contributed by atoms with van der Waals surface area (Å²) in [5, 5.41) is 5.73. The molecule has 0 amide bonds. The van der Waals surface area contributed by atoms with Crippen molar-refractivity contribution < 1.29 is 17.7 Å². The van der Waals surface area contributed by atoms with Gasteiger partial charge in [-0.05, 0) is 23.6 Å². The van der Waals surface area contributed by atoms with Crippen molar-refractivity contribution in [2.24, 2.45) is 0 Å². The highest BCUT2D eigenvalue weighted by Crippen LogP contribution is 2.39. The minimum absolute atomic E-state index is 0.146. The van der Waals surface area contributed by atoms with E-state index in [1.54, 1.807) is 0 Å². The van der Waals surface area contributed by atoms with Gasteiger partial charge >= 0.3 is 6.18 Å². The van der Waals surface area contributed by atoms with E-state index >= 15 is 0 Å². The predicted molar refractivity (Wildman–Crippen MR) is 74.7 cm³/mol. The molecule has 0 unspecified atom stereocenters. The number of aromatic nitrogens is 1. The Balaban J connectivity index is 2.06. The summed E-state index contributed by atoms with van der Waals surface area (Å²) >= 11 is 1.45. The number of nitrogen functional groups attached to an aromatic ring is 1. The maximum atomic E-state index is 12.6. The lowest BCUT2D eigenvalue weighted by atomic mass is 10.0. The lowest BCUT2D eigenvalue weighted by molar-refractivity contribution is -0.137. The average Bonchev–Trinajstić information content (AvgIpc) is 3.06. The molecule has 0 aliphatic heterocycles. The normalized spacial score (nSPS) is 11.8. The highest BCUT2D eigenvalue weighted by atomic mass is 32.1. The highest BCUT2D eigenvalue weighted by molar-refractivity contribution is 7.13. The molecule has 3 aromatic rings. The Morgan fingerprint density at radius 3 is 2.38 bits per heavy atom. The third kappa shape index (κ3) is 2.52. The van der Waals surface area contributed by atoms with E-state index in [2.05, 4.69) is 5.16 Å². The standard InChI is InChI=1S/C14H9F3N2OS/c15-14(16,17)9-5-3-8(4-6-9)12-11(13(18)20-19-12)10-2-1-7-21-10/h1-7H,18H2. The number of nitrogens with two attached hydrogens (primary N) is 1. The van der Waals surface area contributed by atoms with Gasteiger partial charge in [0.1, 0.15) is 5.69 Å². The Labute approximate surface area is 121 Å². The first-order valence-electron chi connectivity index (χ1n) is 5.93. The monoisotopic (exact) mass is 310 g/mol. The fraction of sp³-hybridized carbons (Fsp3) is 0.0714. The second kappa shape index (κ2) is 4.92. The van der Waals surface area contributed by atoms with E-state index in [9.17, 15) is 13.2 Å². The number of hydrogen-bond acceptors (Lipinski definition) is 4. The third-order valence-corrected chi connectivity index (χ3v) is 3.86. The second-order valence-corrected chi connectivity index (χ2v) is 5.27. The van der Waals surface area contributed by atoms with Crippen molar-refractivity contribution in [3.63, 3.8) is 0 Å². The Hall–Kier alpha value is -2.28.